The Morgan fingerprint density at radius 3 is 2.12 bits per heavy atom. The molecule has 0 radical (unpaired) electrons. The Morgan fingerprint density at radius 1 is 1.18 bits per heavy atom. The Bertz CT molecular complexity index is 295. The van der Waals surface area contributed by atoms with E-state index in [1.54, 1.807) is 6.92 Å². The minimum Gasteiger partial charge on any atom is -0.333 e. The number of nitrogens with zero attached hydrogens (tertiary/aromatic N) is 2. The van der Waals surface area contributed by atoms with Crippen molar-refractivity contribution in [1.82, 2.24) is 9.80 Å². The van der Waals surface area contributed by atoms with Crippen molar-refractivity contribution in [3.8, 4) is 0 Å². The molecule has 1 saturated heterocycles. The lowest BCUT2D eigenvalue weighted by Crippen LogP contribution is -2.57. The van der Waals surface area contributed by atoms with Gasteiger partial charge in [0.1, 0.15) is 0 Å². The molecule has 1 aliphatic heterocycles. The van der Waals surface area contributed by atoms with Crippen LogP contribution in [0.4, 0.5) is 0 Å². The van der Waals surface area contributed by atoms with Gasteiger partial charge in [-0.1, -0.05) is 0 Å². The number of amides is 1. The van der Waals surface area contributed by atoms with Gasteiger partial charge in [-0.3, -0.25) is 4.79 Å². The number of hydrogen-bond donors (Lipinski definition) is 0. The number of rotatable bonds is 1. The lowest BCUT2D eigenvalue weighted by atomic mass is 9.91. The zero-order chi connectivity index (χ0) is 13.4. The summed E-state index contributed by atoms with van der Waals surface area (Å²) in [6.07, 6.45) is 3.27. The van der Waals surface area contributed by atoms with Crippen LogP contribution in [-0.2, 0) is 4.79 Å². The quantitative estimate of drug-likeness (QED) is 0.703. The van der Waals surface area contributed by atoms with Gasteiger partial charge in [-0.15, -0.1) is 0 Å². The molecule has 1 heterocycles. The summed E-state index contributed by atoms with van der Waals surface area (Å²) in [6.45, 7) is 10.5. The third kappa shape index (κ3) is 3.01. The molecule has 1 amide bonds. The van der Waals surface area contributed by atoms with Gasteiger partial charge in [0.25, 0.3) is 0 Å². The van der Waals surface area contributed by atoms with E-state index in [1.165, 1.54) is 0 Å². The summed E-state index contributed by atoms with van der Waals surface area (Å²) in [5.74, 6) is 0.194. The average molecular weight is 240 g/mol. The maximum atomic E-state index is 12.0. The first-order chi connectivity index (χ1) is 7.58. The van der Waals surface area contributed by atoms with Gasteiger partial charge in [0, 0.05) is 24.0 Å². The predicted molar refractivity (Wildman–Crippen MR) is 72.0 cm³/mol. The fourth-order valence-corrected chi connectivity index (χ4v) is 3.51. The van der Waals surface area contributed by atoms with Gasteiger partial charge in [0.2, 0.25) is 5.91 Å². The number of likely N-dealkylation sites (tertiary alicyclic amines) is 1. The summed E-state index contributed by atoms with van der Waals surface area (Å²) in [5.41, 5.74) is -0.110. The summed E-state index contributed by atoms with van der Waals surface area (Å²) in [6, 6.07) is 0.564. The van der Waals surface area contributed by atoms with E-state index in [9.17, 15) is 4.79 Å². The van der Waals surface area contributed by atoms with Crippen LogP contribution >= 0.6 is 0 Å². The van der Waals surface area contributed by atoms with Crippen molar-refractivity contribution in [3.05, 3.63) is 0 Å². The van der Waals surface area contributed by atoms with E-state index in [1.807, 2.05) is 0 Å². The molecule has 0 bridgehead atoms. The van der Waals surface area contributed by atoms with Crippen molar-refractivity contribution in [2.75, 3.05) is 14.1 Å². The van der Waals surface area contributed by atoms with E-state index in [0.717, 1.165) is 19.3 Å². The minimum atomic E-state index is -0.0687. The topological polar surface area (TPSA) is 23.6 Å². The second kappa shape index (κ2) is 4.60. The molecule has 0 aromatic carbocycles. The Labute approximate surface area is 106 Å². The van der Waals surface area contributed by atoms with Crippen LogP contribution in [0.1, 0.15) is 53.9 Å². The summed E-state index contributed by atoms with van der Waals surface area (Å²) < 4.78 is 0. The summed E-state index contributed by atoms with van der Waals surface area (Å²) >= 11 is 0. The SMILES string of the molecule is CC(=O)N1C(C)(C)CCC(N(C)C)CC1(C)C. The summed E-state index contributed by atoms with van der Waals surface area (Å²) in [5, 5.41) is 0. The highest BCUT2D eigenvalue weighted by Crippen LogP contribution is 2.37. The zero-order valence-electron chi connectivity index (χ0n) is 12.5. The fourth-order valence-electron chi connectivity index (χ4n) is 3.51. The first-order valence-corrected chi connectivity index (χ1v) is 6.55. The monoisotopic (exact) mass is 240 g/mol. The number of carbonyl (C=O) groups excluding carboxylic acids is 1. The van der Waals surface area contributed by atoms with Crippen molar-refractivity contribution in [1.29, 1.82) is 0 Å². The number of hydrogen-bond acceptors (Lipinski definition) is 2. The van der Waals surface area contributed by atoms with E-state index in [4.69, 9.17) is 0 Å². The van der Waals surface area contributed by atoms with Gasteiger partial charge in [0.15, 0.2) is 0 Å². The van der Waals surface area contributed by atoms with Crippen LogP contribution in [0.3, 0.4) is 0 Å². The Morgan fingerprint density at radius 2 is 1.71 bits per heavy atom. The summed E-state index contributed by atoms with van der Waals surface area (Å²) in [7, 11) is 4.27. The molecule has 3 nitrogen and oxygen atoms in total. The predicted octanol–water partition coefficient (Wildman–Crippen LogP) is 2.51. The lowest BCUT2D eigenvalue weighted by molar-refractivity contribution is -0.141. The van der Waals surface area contributed by atoms with Crippen molar-refractivity contribution in [3.63, 3.8) is 0 Å². The highest BCUT2D eigenvalue weighted by atomic mass is 16.2. The van der Waals surface area contributed by atoms with Gasteiger partial charge in [-0.25, -0.2) is 0 Å². The molecule has 1 rings (SSSR count). The third-order valence-corrected chi connectivity index (χ3v) is 4.08. The second-order valence-corrected chi connectivity index (χ2v) is 6.84. The second-order valence-electron chi connectivity index (χ2n) is 6.84. The van der Waals surface area contributed by atoms with Gasteiger partial charge >= 0.3 is 0 Å². The molecule has 0 aliphatic carbocycles. The molecule has 0 N–H and O–H groups in total. The van der Waals surface area contributed by atoms with Crippen LogP contribution in [0.15, 0.2) is 0 Å². The van der Waals surface area contributed by atoms with Crippen LogP contribution in [-0.4, -0.2) is 46.9 Å². The first-order valence-electron chi connectivity index (χ1n) is 6.55. The molecule has 0 aromatic heterocycles. The Kier molecular flexibility index (Phi) is 3.92. The van der Waals surface area contributed by atoms with E-state index in [2.05, 4.69) is 51.6 Å². The molecule has 3 heteroatoms. The van der Waals surface area contributed by atoms with Crippen LogP contribution in [0.5, 0.6) is 0 Å². The first kappa shape index (κ1) is 14.5. The fraction of sp³-hybridized carbons (Fsp3) is 0.929. The van der Waals surface area contributed by atoms with Crippen molar-refractivity contribution in [2.45, 2.75) is 71.0 Å². The van der Waals surface area contributed by atoms with E-state index in [-0.39, 0.29) is 17.0 Å². The van der Waals surface area contributed by atoms with E-state index >= 15 is 0 Å². The van der Waals surface area contributed by atoms with E-state index in [0.29, 0.717) is 6.04 Å². The smallest absolute Gasteiger partial charge is 0.220 e. The third-order valence-electron chi connectivity index (χ3n) is 4.08. The van der Waals surface area contributed by atoms with Crippen molar-refractivity contribution >= 4 is 5.91 Å². The summed E-state index contributed by atoms with van der Waals surface area (Å²) in [4.78, 5) is 16.4. The molecule has 17 heavy (non-hydrogen) atoms. The van der Waals surface area contributed by atoms with Crippen LogP contribution in [0.2, 0.25) is 0 Å². The molecule has 0 spiro atoms. The number of carbonyl (C=O) groups is 1. The minimum absolute atomic E-state index is 0.0416. The van der Waals surface area contributed by atoms with Crippen molar-refractivity contribution < 1.29 is 4.79 Å². The highest BCUT2D eigenvalue weighted by molar-refractivity contribution is 5.75. The van der Waals surface area contributed by atoms with Gasteiger partial charge < -0.3 is 9.80 Å². The molecular formula is C14H28N2O. The standard InChI is InChI=1S/C14H28N2O/c1-11(17)16-13(2,3)9-8-12(15(6)7)10-14(16,4)5/h12H,8-10H2,1-7H3. The maximum absolute atomic E-state index is 12.0. The van der Waals surface area contributed by atoms with Gasteiger partial charge in [0.05, 0.1) is 0 Å². The molecule has 1 atom stereocenters. The molecule has 1 fully saturated rings. The molecule has 100 valence electrons. The van der Waals surface area contributed by atoms with Gasteiger partial charge in [-0.05, 0) is 61.1 Å². The van der Waals surface area contributed by atoms with Crippen LogP contribution in [0.25, 0.3) is 0 Å². The van der Waals surface area contributed by atoms with Crippen molar-refractivity contribution in [2.24, 2.45) is 0 Å². The molecular weight excluding hydrogens is 212 g/mol. The van der Waals surface area contributed by atoms with Crippen LogP contribution < -0.4 is 0 Å². The normalized spacial score (nSPS) is 28.0. The lowest BCUT2D eigenvalue weighted by Gasteiger charge is -2.47. The largest absolute Gasteiger partial charge is 0.333 e. The highest BCUT2D eigenvalue weighted by Gasteiger charge is 2.43. The van der Waals surface area contributed by atoms with Gasteiger partial charge in [-0.2, -0.15) is 0 Å². The van der Waals surface area contributed by atoms with E-state index < -0.39 is 0 Å². The zero-order valence-corrected chi connectivity index (χ0v) is 12.5. The average Bonchev–Trinajstić information content (AvgIpc) is 2.17. The van der Waals surface area contributed by atoms with Crippen LogP contribution in [0, 0.1) is 0 Å². The molecule has 0 saturated carbocycles. The Balaban J connectivity index is 3.08. The molecule has 0 aromatic rings. The molecule has 1 aliphatic rings. The Hall–Kier alpha value is -0.570. The maximum Gasteiger partial charge on any atom is 0.220 e. The molecule has 1 unspecified atom stereocenters.